The van der Waals surface area contributed by atoms with Crippen molar-refractivity contribution in [1.29, 1.82) is 0 Å². The summed E-state index contributed by atoms with van der Waals surface area (Å²) < 4.78 is 16.7. The van der Waals surface area contributed by atoms with Gasteiger partial charge in [0.15, 0.2) is 6.10 Å². The number of ether oxygens (including phenoxy) is 3. The molecule has 0 rings (SSSR count). The van der Waals surface area contributed by atoms with Crippen molar-refractivity contribution in [2.75, 3.05) is 13.2 Å². The van der Waals surface area contributed by atoms with Crippen LogP contribution in [0.4, 0.5) is 0 Å². The Morgan fingerprint density at radius 3 is 0.812 bits per heavy atom. The molecule has 0 radical (unpaired) electrons. The maximum atomic E-state index is 12.8. The third-order valence-corrected chi connectivity index (χ3v) is 11.7. The largest absolute Gasteiger partial charge is 0.462 e. The standard InChI is InChI=1S/C63H104O6/c1-4-7-10-13-16-19-22-25-28-31-34-37-40-43-46-49-52-55-61(64)67-58-60(69-63(66)57-54-51-48-45-42-39-36-33-30-27-24-21-18-15-12-9-6-3)59-68-62(65)56-53-50-47-44-41-38-35-32-29-26-23-20-17-14-11-8-5-2/h25-30,34-39,43-48,60H,4-24,31-33,40-42,49-59H2,1-3H3/b28-25-,29-26-,30-27-,37-34-,38-35-,39-36-,46-43-,47-44-,48-45-. The summed E-state index contributed by atoms with van der Waals surface area (Å²) >= 11 is 0. The normalized spacial score (nSPS) is 12.5. The van der Waals surface area contributed by atoms with Gasteiger partial charge in [-0.05, 0) is 116 Å². The molecule has 0 heterocycles. The van der Waals surface area contributed by atoms with Gasteiger partial charge in [0.2, 0.25) is 0 Å². The van der Waals surface area contributed by atoms with Crippen LogP contribution in [0.2, 0.25) is 0 Å². The number of esters is 3. The molecule has 6 nitrogen and oxygen atoms in total. The molecule has 0 N–H and O–H groups in total. The van der Waals surface area contributed by atoms with E-state index in [4.69, 9.17) is 14.2 Å². The third kappa shape index (κ3) is 54.9. The first-order valence-corrected chi connectivity index (χ1v) is 28.4. The zero-order valence-electron chi connectivity index (χ0n) is 44.8. The van der Waals surface area contributed by atoms with E-state index >= 15 is 0 Å². The molecule has 6 heteroatoms. The molecule has 0 aliphatic heterocycles. The molecule has 0 atom stereocenters. The van der Waals surface area contributed by atoms with Gasteiger partial charge >= 0.3 is 17.9 Å². The second-order valence-electron chi connectivity index (χ2n) is 18.5. The van der Waals surface area contributed by atoms with Crippen molar-refractivity contribution in [1.82, 2.24) is 0 Å². The molecule has 0 saturated heterocycles. The number of hydrogen-bond acceptors (Lipinski definition) is 6. The Bertz CT molecular complexity index is 1350. The van der Waals surface area contributed by atoms with E-state index in [9.17, 15) is 14.4 Å². The van der Waals surface area contributed by atoms with Crippen molar-refractivity contribution in [3.63, 3.8) is 0 Å². The van der Waals surface area contributed by atoms with E-state index in [1.165, 1.54) is 135 Å². The lowest BCUT2D eigenvalue weighted by molar-refractivity contribution is -0.166. The van der Waals surface area contributed by atoms with Gasteiger partial charge in [-0.1, -0.05) is 226 Å². The quantitative estimate of drug-likeness (QED) is 0.0262. The first kappa shape index (κ1) is 65.1. The van der Waals surface area contributed by atoms with E-state index in [1.807, 2.05) is 0 Å². The highest BCUT2D eigenvalue weighted by Crippen LogP contribution is 2.12. The topological polar surface area (TPSA) is 78.9 Å². The smallest absolute Gasteiger partial charge is 0.306 e. The van der Waals surface area contributed by atoms with Crippen molar-refractivity contribution in [3.05, 3.63) is 109 Å². The third-order valence-electron chi connectivity index (χ3n) is 11.7. The lowest BCUT2D eigenvalue weighted by Crippen LogP contribution is -2.30. The molecule has 0 unspecified atom stereocenters. The van der Waals surface area contributed by atoms with Crippen molar-refractivity contribution in [3.8, 4) is 0 Å². The maximum absolute atomic E-state index is 12.8. The van der Waals surface area contributed by atoms with E-state index in [1.54, 1.807) is 0 Å². The Morgan fingerprint density at radius 1 is 0.290 bits per heavy atom. The lowest BCUT2D eigenvalue weighted by Gasteiger charge is -2.18. The summed E-state index contributed by atoms with van der Waals surface area (Å²) in [7, 11) is 0. The number of carbonyl (C=O) groups is 3. The molecule has 0 aromatic carbocycles. The zero-order chi connectivity index (χ0) is 50.0. The van der Waals surface area contributed by atoms with Crippen LogP contribution in [0.5, 0.6) is 0 Å². The first-order valence-electron chi connectivity index (χ1n) is 28.4. The highest BCUT2D eigenvalue weighted by atomic mass is 16.6. The fraction of sp³-hybridized carbons (Fsp3) is 0.667. The monoisotopic (exact) mass is 957 g/mol. The van der Waals surface area contributed by atoms with Crippen molar-refractivity contribution < 1.29 is 28.6 Å². The van der Waals surface area contributed by atoms with Crippen LogP contribution in [0.3, 0.4) is 0 Å². The van der Waals surface area contributed by atoms with E-state index in [-0.39, 0.29) is 50.4 Å². The van der Waals surface area contributed by atoms with Gasteiger partial charge in [0, 0.05) is 19.3 Å². The van der Waals surface area contributed by atoms with E-state index in [0.29, 0.717) is 19.3 Å². The van der Waals surface area contributed by atoms with Crippen LogP contribution in [0.25, 0.3) is 0 Å². The van der Waals surface area contributed by atoms with Crippen molar-refractivity contribution in [2.45, 2.75) is 258 Å². The Hall–Kier alpha value is -3.93. The summed E-state index contributed by atoms with van der Waals surface area (Å²) in [5.41, 5.74) is 0. The van der Waals surface area contributed by atoms with Gasteiger partial charge in [-0.2, -0.15) is 0 Å². The molecule has 0 saturated carbocycles. The fourth-order valence-electron chi connectivity index (χ4n) is 7.43. The fourth-order valence-corrected chi connectivity index (χ4v) is 7.43. The summed E-state index contributed by atoms with van der Waals surface area (Å²) in [5.74, 6) is -1.10. The summed E-state index contributed by atoms with van der Waals surface area (Å²) in [6.07, 6.45) is 76.7. The summed E-state index contributed by atoms with van der Waals surface area (Å²) in [6.45, 7) is 6.49. The van der Waals surface area contributed by atoms with Crippen LogP contribution < -0.4 is 0 Å². The summed E-state index contributed by atoms with van der Waals surface area (Å²) in [4.78, 5) is 38.1. The molecule has 0 amide bonds. The molecule has 0 spiro atoms. The van der Waals surface area contributed by atoms with E-state index in [0.717, 1.165) is 57.8 Å². The van der Waals surface area contributed by atoms with Crippen molar-refractivity contribution >= 4 is 17.9 Å². The van der Waals surface area contributed by atoms with Crippen LogP contribution >= 0.6 is 0 Å². The maximum Gasteiger partial charge on any atom is 0.306 e. The van der Waals surface area contributed by atoms with Gasteiger partial charge in [-0.25, -0.2) is 0 Å². The van der Waals surface area contributed by atoms with Crippen molar-refractivity contribution in [2.24, 2.45) is 0 Å². The number of allylic oxidation sites excluding steroid dienone is 18. The van der Waals surface area contributed by atoms with Gasteiger partial charge < -0.3 is 14.2 Å². The molecular formula is C63H104O6. The lowest BCUT2D eigenvalue weighted by atomic mass is 10.1. The molecule has 0 aliphatic rings. The van der Waals surface area contributed by atoms with Crippen LogP contribution in [-0.2, 0) is 28.6 Å². The Morgan fingerprint density at radius 2 is 0.522 bits per heavy atom. The molecule has 0 aromatic rings. The second-order valence-corrected chi connectivity index (χ2v) is 18.5. The Balaban J connectivity index is 4.62. The van der Waals surface area contributed by atoms with Crippen LogP contribution in [0.1, 0.15) is 252 Å². The predicted octanol–water partition coefficient (Wildman–Crippen LogP) is 19.1. The van der Waals surface area contributed by atoms with E-state index in [2.05, 4.69) is 130 Å². The SMILES string of the molecule is CCCCCCCC/C=C\C/C=C\C/C=C\CCCC(=O)OCC(COC(=O)CCC/C=C\C/C=C\C/C=C\CCCCCCCC)OC(=O)CCC/C=C\C/C=C\C/C=C\CCCCCCCC. The first-order chi connectivity index (χ1) is 34.0. The summed E-state index contributed by atoms with van der Waals surface area (Å²) in [6, 6.07) is 0. The molecule has 0 fully saturated rings. The van der Waals surface area contributed by atoms with Gasteiger partial charge in [0.05, 0.1) is 0 Å². The Kier molecular flexibility index (Phi) is 53.4. The van der Waals surface area contributed by atoms with Crippen LogP contribution in [-0.4, -0.2) is 37.2 Å². The average molecular weight is 958 g/mol. The van der Waals surface area contributed by atoms with Gasteiger partial charge in [0.1, 0.15) is 13.2 Å². The molecule has 69 heavy (non-hydrogen) atoms. The molecule has 392 valence electrons. The summed E-state index contributed by atoms with van der Waals surface area (Å²) in [5, 5.41) is 0. The number of hydrogen-bond donors (Lipinski definition) is 0. The molecule has 0 bridgehead atoms. The second kappa shape index (κ2) is 56.7. The molecule has 0 aromatic heterocycles. The predicted molar refractivity (Wildman–Crippen MR) is 297 cm³/mol. The van der Waals surface area contributed by atoms with Crippen LogP contribution in [0, 0.1) is 0 Å². The minimum atomic E-state index is -0.847. The number of carbonyl (C=O) groups excluding carboxylic acids is 3. The van der Waals surface area contributed by atoms with Gasteiger partial charge in [0.25, 0.3) is 0 Å². The molecular weight excluding hydrogens is 853 g/mol. The Labute approximate surface area is 425 Å². The highest BCUT2D eigenvalue weighted by molar-refractivity contribution is 5.71. The van der Waals surface area contributed by atoms with Gasteiger partial charge in [-0.15, -0.1) is 0 Å². The van der Waals surface area contributed by atoms with Crippen LogP contribution in [0.15, 0.2) is 109 Å². The number of rotatable bonds is 50. The average Bonchev–Trinajstić information content (AvgIpc) is 3.35. The minimum absolute atomic E-state index is 0.141. The zero-order valence-corrected chi connectivity index (χ0v) is 44.8. The highest BCUT2D eigenvalue weighted by Gasteiger charge is 2.19. The molecule has 0 aliphatic carbocycles. The van der Waals surface area contributed by atoms with Gasteiger partial charge in [-0.3, -0.25) is 14.4 Å². The number of unbranched alkanes of at least 4 members (excludes halogenated alkanes) is 21. The van der Waals surface area contributed by atoms with E-state index < -0.39 is 6.10 Å². The minimum Gasteiger partial charge on any atom is -0.462 e.